The molecule has 2 atom stereocenters. The molecule has 0 heterocycles. The summed E-state index contributed by atoms with van der Waals surface area (Å²) in [4.78, 5) is 0. The molecule has 0 aromatic heterocycles. The first-order valence-electron chi connectivity index (χ1n) is 10.7. The third kappa shape index (κ3) is 5.85. The van der Waals surface area contributed by atoms with Gasteiger partial charge in [-0.2, -0.15) is 0 Å². The molecule has 2 unspecified atom stereocenters. The zero-order chi connectivity index (χ0) is 20.7. The van der Waals surface area contributed by atoms with Crippen molar-refractivity contribution < 1.29 is 9.47 Å². The Morgan fingerprint density at radius 1 is 0.821 bits per heavy atom. The molecule has 0 radical (unpaired) electrons. The molecule has 0 bridgehead atoms. The van der Waals surface area contributed by atoms with Crippen LogP contribution in [0.1, 0.15) is 72.1 Å². The molecular weight excluding hydrogens is 344 g/mol. The molecule has 0 aliphatic rings. The van der Waals surface area contributed by atoms with Gasteiger partial charge < -0.3 is 9.47 Å². The Hall–Kier alpha value is -1.80. The predicted octanol–water partition coefficient (Wildman–Crippen LogP) is 7.44. The quantitative estimate of drug-likeness (QED) is 0.397. The van der Waals surface area contributed by atoms with E-state index in [0.717, 1.165) is 18.6 Å². The van der Waals surface area contributed by atoms with Gasteiger partial charge >= 0.3 is 0 Å². The maximum atomic E-state index is 6.47. The minimum Gasteiger partial charge on any atom is -0.465 e. The number of benzene rings is 2. The highest BCUT2D eigenvalue weighted by molar-refractivity contribution is 5.27. The van der Waals surface area contributed by atoms with E-state index in [1.807, 2.05) is 6.07 Å². The summed E-state index contributed by atoms with van der Waals surface area (Å²) in [6.45, 7) is 15.8. The molecule has 2 aromatic rings. The van der Waals surface area contributed by atoms with Gasteiger partial charge in [-0.3, -0.25) is 0 Å². The fourth-order valence-corrected chi connectivity index (χ4v) is 3.60. The lowest BCUT2D eigenvalue weighted by Gasteiger charge is -2.40. The van der Waals surface area contributed by atoms with Crippen molar-refractivity contribution in [2.24, 2.45) is 17.3 Å². The molecule has 2 nitrogen and oxygen atoms in total. The summed E-state index contributed by atoms with van der Waals surface area (Å²) < 4.78 is 12.9. The highest BCUT2D eigenvalue weighted by Gasteiger charge is 2.36. The molecule has 0 N–H and O–H groups in total. The first kappa shape index (κ1) is 22.5. The van der Waals surface area contributed by atoms with Crippen LogP contribution in [0.25, 0.3) is 0 Å². The smallest absolute Gasteiger partial charge is 0.201 e. The van der Waals surface area contributed by atoms with E-state index in [9.17, 15) is 0 Å². The zero-order valence-electron chi connectivity index (χ0n) is 18.7. The van der Waals surface area contributed by atoms with Gasteiger partial charge in [0, 0.05) is 6.42 Å². The Kier molecular flexibility index (Phi) is 8.12. The van der Waals surface area contributed by atoms with Crippen LogP contribution in [0.4, 0.5) is 0 Å². The fraction of sp³-hybridized carbons (Fsp3) is 0.538. The minimum absolute atomic E-state index is 0.0234. The van der Waals surface area contributed by atoms with Crippen molar-refractivity contribution in [2.75, 3.05) is 0 Å². The largest absolute Gasteiger partial charge is 0.465 e. The van der Waals surface area contributed by atoms with Crippen molar-refractivity contribution in [1.29, 1.82) is 0 Å². The Balaban J connectivity index is 2.23. The van der Waals surface area contributed by atoms with E-state index in [-0.39, 0.29) is 17.8 Å². The van der Waals surface area contributed by atoms with Crippen molar-refractivity contribution in [2.45, 2.75) is 73.7 Å². The lowest BCUT2D eigenvalue weighted by molar-refractivity contribution is -0.144. The third-order valence-corrected chi connectivity index (χ3v) is 6.47. The molecule has 0 aliphatic heterocycles. The number of hydrogen-bond donors (Lipinski definition) is 0. The second kappa shape index (κ2) is 10.1. The molecule has 0 spiro atoms. The van der Waals surface area contributed by atoms with Gasteiger partial charge in [-0.25, -0.2) is 0 Å². The van der Waals surface area contributed by atoms with Crippen molar-refractivity contribution in [3.8, 4) is 5.75 Å². The summed E-state index contributed by atoms with van der Waals surface area (Å²) >= 11 is 0. The van der Waals surface area contributed by atoms with E-state index in [0.29, 0.717) is 11.8 Å². The Bertz CT molecular complexity index is 680. The van der Waals surface area contributed by atoms with Crippen LogP contribution in [0, 0.1) is 17.3 Å². The molecule has 2 aromatic carbocycles. The normalized spacial score (nSPS) is 14.3. The summed E-state index contributed by atoms with van der Waals surface area (Å²) in [5.41, 5.74) is 2.62. The summed E-state index contributed by atoms with van der Waals surface area (Å²) in [5.74, 6) is 1.95. The predicted molar refractivity (Wildman–Crippen MR) is 119 cm³/mol. The third-order valence-electron chi connectivity index (χ3n) is 6.47. The van der Waals surface area contributed by atoms with E-state index in [2.05, 4.69) is 97.0 Å². The van der Waals surface area contributed by atoms with Crippen LogP contribution in [0.3, 0.4) is 0 Å². The summed E-state index contributed by atoms with van der Waals surface area (Å²) in [6.07, 6.45) is 1.57. The molecule has 0 fully saturated rings. The Morgan fingerprint density at radius 2 is 1.39 bits per heavy atom. The van der Waals surface area contributed by atoms with Crippen molar-refractivity contribution in [3.63, 3.8) is 0 Å². The van der Waals surface area contributed by atoms with Crippen LogP contribution in [0.2, 0.25) is 0 Å². The van der Waals surface area contributed by atoms with Crippen LogP contribution >= 0.6 is 0 Å². The van der Waals surface area contributed by atoms with Crippen molar-refractivity contribution >= 4 is 0 Å². The SMILES string of the molecule is CCc1ccc(OC(CC(C)(C(C)C)C(C)C)OC(C)c2ccccc2)cc1. The van der Waals surface area contributed by atoms with E-state index >= 15 is 0 Å². The molecule has 0 saturated heterocycles. The number of rotatable bonds is 10. The number of aryl methyl sites for hydroxylation is 1. The molecule has 2 heteroatoms. The number of ether oxygens (including phenoxy) is 2. The van der Waals surface area contributed by atoms with Crippen LogP contribution in [0.5, 0.6) is 5.75 Å². The van der Waals surface area contributed by atoms with Gasteiger partial charge in [0.15, 0.2) is 0 Å². The molecule has 2 rings (SSSR count). The summed E-state index contributed by atoms with van der Waals surface area (Å²) in [7, 11) is 0. The lowest BCUT2D eigenvalue weighted by Crippen LogP contribution is -2.37. The standard InChI is InChI=1S/C26H38O2/c1-8-22-14-16-24(17-15-22)28-25(18-26(7,19(2)3)20(4)5)27-21(6)23-12-10-9-11-13-23/h9-17,19-21,25H,8,18H2,1-7H3. The average Bonchev–Trinajstić information content (AvgIpc) is 2.68. The minimum atomic E-state index is -0.294. The maximum absolute atomic E-state index is 6.47. The average molecular weight is 383 g/mol. The second-order valence-electron chi connectivity index (χ2n) is 8.75. The lowest BCUT2D eigenvalue weighted by atomic mass is 9.68. The Labute approximate surface area is 172 Å². The van der Waals surface area contributed by atoms with Crippen LogP contribution in [-0.4, -0.2) is 6.29 Å². The molecule has 154 valence electrons. The second-order valence-corrected chi connectivity index (χ2v) is 8.75. The van der Waals surface area contributed by atoms with Gasteiger partial charge in [-0.15, -0.1) is 0 Å². The van der Waals surface area contributed by atoms with E-state index < -0.39 is 0 Å². The van der Waals surface area contributed by atoms with Gasteiger partial charge in [0.25, 0.3) is 0 Å². The first-order valence-corrected chi connectivity index (χ1v) is 10.7. The van der Waals surface area contributed by atoms with E-state index in [1.165, 1.54) is 11.1 Å². The first-order chi connectivity index (χ1) is 13.3. The van der Waals surface area contributed by atoms with Crippen LogP contribution < -0.4 is 4.74 Å². The van der Waals surface area contributed by atoms with Gasteiger partial charge in [-0.1, -0.05) is 84.0 Å². The molecule has 0 amide bonds. The zero-order valence-corrected chi connectivity index (χ0v) is 18.7. The summed E-state index contributed by atoms with van der Waals surface area (Å²) in [5, 5.41) is 0. The van der Waals surface area contributed by atoms with E-state index in [4.69, 9.17) is 9.47 Å². The highest BCUT2D eigenvalue weighted by atomic mass is 16.7. The van der Waals surface area contributed by atoms with Gasteiger partial charge in [0.05, 0.1) is 6.10 Å². The van der Waals surface area contributed by atoms with Crippen molar-refractivity contribution in [3.05, 3.63) is 65.7 Å². The Morgan fingerprint density at radius 3 is 1.89 bits per heavy atom. The van der Waals surface area contributed by atoms with E-state index in [1.54, 1.807) is 0 Å². The van der Waals surface area contributed by atoms with Gasteiger partial charge in [0.2, 0.25) is 6.29 Å². The molecule has 28 heavy (non-hydrogen) atoms. The maximum Gasteiger partial charge on any atom is 0.201 e. The topological polar surface area (TPSA) is 18.5 Å². The van der Waals surface area contributed by atoms with Gasteiger partial charge in [0.1, 0.15) is 5.75 Å². The highest BCUT2D eigenvalue weighted by Crippen LogP contribution is 2.41. The van der Waals surface area contributed by atoms with Gasteiger partial charge in [-0.05, 0) is 53.9 Å². The van der Waals surface area contributed by atoms with Crippen molar-refractivity contribution in [1.82, 2.24) is 0 Å². The number of hydrogen-bond acceptors (Lipinski definition) is 2. The molecular formula is C26H38O2. The van der Waals surface area contributed by atoms with Crippen LogP contribution in [-0.2, 0) is 11.2 Å². The monoisotopic (exact) mass is 382 g/mol. The molecule has 0 aliphatic carbocycles. The fourth-order valence-electron chi connectivity index (χ4n) is 3.60. The molecule has 0 saturated carbocycles. The summed E-state index contributed by atoms with van der Waals surface area (Å²) in [6, 6.07) is 18.8. The van der Waals surface area contributed by atoms with Crippen LogP contribution in [0.15, 0.2) is 54.6 Å².